The third-order valence-corrected chi connectivity index (χ3v) is 6.19. The number of anilines is 1. The molecule has 0 radical (unpaired) electrons. The predicted molar refractivity (Wildman–Crippen MR) is 130 cm³/mol. The average molecular weight is 466 g/mol. The fraction of sp³-hybridized carbons (Fsp3) is 0.640. The van der Waals surface area contributed by atoms with Gasteiger partial charge in [-0.1, -0.05) is 64.0 Å². The molecule has 0 saturated carbocycles. The van der Waals surface area contributed by atoms with Crippen molar-refractivity contribution in [3.05, 3.63) is 24.3 Å². The van der Waals surface area contributed by atoms with Crippen LogP contribution in [0.3, 0.4) is 0 Å². The third kappa shape index (κ3) is 11.0. The fourth-order valence-corrected chi connectivity index (χ4v) is 4.33. The standard InChI is InChI=1S/C25H39NO5S/c1-4-6-7-8-9-10-11-12-18-23(27)26(25(29)30-3)21-16-13-14-17-22(21)32-20-15-19-24(28)31-5-2/h13-14,16-17H,4-12,15,18-20H2,1-3H3. The highest BCUT2D eigenvalue weighted by atomic mass is 32.2. The third-order valence-electron chi connectivity index (χ3n) is 5.05. The highest BCUT2D eigenvalue weighted by Gasteiger charge is 2.26. The Balaban J connectivity index is 2.64. The van der Waals surface area contributed by atoms with Crippen LogP contribution >= 0.6 is 11.8 Å². The van der Waals surface area contributed by atoms with E-state index in [2.05, 4.69) is 6.92 Å². The normalized spacial score (nSPS) is 10.6. The van der Waals surface area contributed by atoms with Crippen molar-refractivity contribution in [3.63, 3.8) is 0 Å². The van der Waals surface area contributed by atoms with Crippen molar-refractivity contribution in [1.82, 2.24) is 0 Å². The SMILES string of the molecule is CCCCCCCCCCC(=O)N(C(=O)OC)c1ccccc1SCCCC(=O)OCC. The van der Waals surface area contributed by atoms with Gasteiger partial charge in [0.05, 0.1) is 19.4 Å². The first-order valence-corrected chi connectivity index (χ1v) is 12.8. The van der Waals surface area contributed by atoms with E-state index in [1.54, 1.807) is 19.1 Å². The number of benzene rings is 1. The number of unbranched alkanes of at least 4 members (excludes halogenated alkanes) is 7. The number of imide groups is 1. The molecule has 0 saturated heterocycles. The lowest BCUT2D eigenvalue weighted by molar-refractivity contribution is -0.143. The zero-order chi connectivity index (χ0) is 23.6. The van der Waals surface area contributed by atoms with E-state index < -0.39 is 6.09 Å². The van der Waals surface area contributed by atoms with E-state index in [4.69, 9.17) is 9.47 Å². The van der Waals surface area contributed by atoms with Crippen LogP contribution in [0.25, 0.3) is 0 Å². The lowest BCUT2D eigenvalue weighted by atomic mass is 10.1. The largest absolute Gasteiger partial charge is 0.466 e. The van der Waals surface area contributed by atoms with Crippen LogP contribution in [0.1, 0.15) is 84.5 Å². The lowest BCUT2D eigenvalue weighted by Crippen LogP contribution is -2.37. The topological polar surface area (TPSA) is 72.9 Å². The van der Waals surface area contributed by atoms with Crippen LogP contribution in [-0.2, 0) is 19.1 Å². The number of esters is 1. The molecule has 1 aromatic rings. The number of rotatable bonds is 16. The number of amides is 2. The van der Waals surface area contributed by atoms with Crippen molar-refractivity contribution in [1.29, 1.82) is 0 Å². The Morgan fingerprint density at radius 2 is 1.53 bits per heavy atom. The van der Waals surface area contributed by atoms with Crippen molar-refractivity contribution in [2.75, 3.05) is 24.4 Å². The summed E-state index contributed by atoms with van der Waals surface area (Å²) in [4.78, 5) is 38.8. The van der Waals surface area contributed by atoms with E-state index in [0.717, 1.165) is 29.1 Å². The maximum absolute atomic E-state index is 12.9. The maximum Gasteiger partial charge on any atom is 0.420 e. The molecule has 32 heavy (non-hydrogen) atoms. The lowest BCUT2D eigenvalue weighted by Gasteiger charge is -2.22. The molecule has 2 amide bonds. The van der Waals surface area contributed by atoms with Crippen molar-refractivity contribution >= 4 is 35.4 Å². The second-order valence-electron chi connectivity index (χ2n) is 7.65. The number of hydrogen-bond acceptors (Lipinski definition) is 6. The Morgan fingerprint density at radius 1 is 0.875 bits per heavy atom. The highest BCUT2D eigenvalue weighted by molar-refractivity contribution is 7.99. The van der Waals surface area contributed by atoms with Crippen LogP contribution in [0.2, 0.25) is 0 Å². The van der Waals surface area contributed by atoms with Crippen LogP contribution in [0.5, 0.6) is 0 Å². The molecule has 0 heterocycles. The minimum Gasteiger partial charge on any atom is -0.466 e. The zero-order valence-corrected chi connectivity index (χ0v) is 20.7. The summed E-state index contributed by atoms with van der Waals surface area (Å²) < 4.78 is 9.86. The molecule has 7 heteroatoms. The van der Waals surface area contributed by atoms with E-state index in [-0.39, 0.29) is 11.9 Å². The molecule has 0 unspecified atom stereocenters. The Morgan fingerprint density at radius 3 is 2.19 bits per heavy atom. The molecular weight excluding hydrogens is 426 g/mol. The van der Waals surface area contributed by atoms with E-state index in [0.29, 0.717) is 37.3 Å². The Bertz CT molecular complexity index is 695. The fourth-order valence-electron chi connectivity index (χ4n) is 3.34. The van der Waals surface area contributed by atoms with E-state index in [9.17, 15) is 14.4 Å². The van der Waals surface area contributed by atoms with Gasteiger partial charge in [-0.15, -0.1) is 11.8 Å². The number of para-hydroxylation sites is 1. The summed E-state index contributed by atoms with van der Waals surface area (Å²) in [6.45, 7) is 4.37. The Labute approximate surface area is 197 Å². The molecule has 1 aromatic carbocycles. The second kappa shape index (κ2) is 17.5. The number of thioether (sulfide) groups is 1. The molecule has 0 N–H and O–H groups in total. The molecule has 6 nitrogen and oxygen atoms in total. The Kier molecular flexibility index (Phi) is 15.3. The number of methoxy groups -OCH3 is 1. The molecule has 0 aliphatic heterocycles. The van der Waals surface area contributed by atoms with Gasteiger partial charge in [-0.25, -0.2) is 9.69 Å². The molecule has 0 aliphatic carbocycles. The van der Waals surface area contributed by atoms with Crippen LogP contribution in [0.4, 0.5) is 10.5 Å². The first kappa shape index (κ1) is 28.0. The maximum atomic E-state index is 12.9. The molecule has 0 spiro atoms. The summed E-state index contributed by atoms with van der Waals surface area (Å²) in [5.74, 6) is 0.220. The molecule has 0 aliphatic rings. The molecule has 0 fully saturated rings. The summed E-state index contributed by atoms with van der Waals surface area (Å²) in [5.41, 5.74) is 0.532. The summed E-state index contributed by atoms with van der Waals surface area (Å²) in [5, 5.41) is 0. The second-order valence-corrected chi connectivity index (χ2v) is 8.79. The molecule has 0 bridgehead atoms. The molecule has 0 aromatic heterocycles. The van der Waals surface area contributed by atoms with Crippen LogP contribution < -0.4 is 4.90 Å². The molecular formula is C25H39NO5S. The molecule has 180 valence electrons. The van der Waals surface area contributed by atoms with Crippen molar-refractivity contribution in [2.45, 2.75) is 89.4 Å². The number of hydrogen-bond donors (Lipinski definition) is 0. The van der Waals surface area contributed by atoms with Gasteiger partial charge in [0.25, 0.3) is 0 Å². The van der Waals surface area contributed by atoms with Gasteiger partial charge >= 0.3 is 12.1 Å². The van der Waals surface area contributed by atoms with Crippen LogP contribution in [0, 0.1) is 0 Å². The summed E-state index contributed by atoms with van der Waals surface area (Å²) in [7, 11) is 1.29. The molecule has 0 atom stereocenters. The highest BCUT2D eigenvalue weighted by Crippen LogP contribution is 2.32. The van der Waals surface area contributed by atoms with E-state index in [1.165, 1.54) is 51.0 Å². The van der Waals surface area contributed by atoms with Crippen LogP contribution in [-0.4, -0.2) is 37.4 Å². The predicted octanol–water partition coefficient (Wildman–Crippen LogP) is 6.75. The first-order valence-electron chi connectivity index (χ1n) is 11.8. The van der Waals surface area contributed by atoms with Gasteiger partial charge < -0.3 is 9.47 Å². The van der Waals surface area contributed by atoms with Gasteiger partial charge in [0.15, 0.2) is 0 Å². The van der Waals surface area contributed by atoms with Gasteiger partial charge in [-0.2, -0.15) is 0 Å². The average Bonchev–Trinajstić information content (AvgIpc) is 2.79. The Hall–Kier alpha value is -2.02. The van der Waals surface area contributed by atoms with Gasteiger partial charge in [0, 0.05) is 17.7 Å². The number of ether oxygens (including phenoxy) is 2. The van der Waals surface area contributed by atoms with Gasteiger partial charge in [-0.3, -0.25) is 9.59 Å². The number of carbonyl (C=O) groups is 3. The van der Waals surface area contributed by atoms with Crippen molar-refractivity contribution < 1.29 is 23.9 Å². The van der Waals surface area contributed by atoms with E-state index in [1.807, 2.05) is 12.1 Å². The summed E-state index contributed by atoms with van der Waals surface area (Å²) in [6, 6.07) is 7.31. The zero-order valence-electron chi connectivity index (χ0n) is 19.9. The first-order chi connectivity index (χ1) is 15.5. The van der Waals surface area contributed by atoms with Gasteiger partial charge in [-0.05, 0) is 37.7 Å². The van der Waals surface area contributed by atoms with Gasteiger partial charge in [0.2, 0.25) is 5.91 Å². The quantitative estimate of drug-likeness (QED) is 0.153. The van der Waals surface area contributed by atoms with Crippen molar-refractivity contribution in [3.8, 4) is 0 Å². The van der Waals surface area contributed by atoms with Gasteiger partial charge in [0.1, 0.15) is 0 Å². The smallest absolute Gasteiger partial charge is 0.420 e. The summed E-state index contributed by atoms with van der Waals surface area (Å²) in [6.07, 6.45) is 9.74. The minimum atomic E-state index is -0.672. The number of nitrogens with zero attached hydrogens (tertiary/aromatic N) is 1. The molecule has 1 rings (SSSR count). The van der Waals surface area contributed by atoms with E-state index >= 15 is 0 Å². The number of carbonyl (C=O) groups excluding carboxylic acids is 3. The van der Waals surface area contributed by atoms with Crippen LogP contribution in [0.15, 0.2) is 29.2 Å². The van der Waals surface area contributed by atoms with Crippen molar-refractivity contribution in [2.24, 2.45) is 0 Å². The monoisotopic (exact) mass is 465 g/mol. The summed E-state index contributed by atoms with van der Waals surface area (Å²) >= 11 is 1.51. The minimum absolute atomic E-state index is 0.210.